The minimum atomic E-state index is -0.758. The van der Waals surface area contributed by atoms with Gasteiger partial charge in [0.2, 0.25) is 5.91 Å². The van der Waals surface area contributed by atoms with Crippen molar-refractivity contribution in [2.45, 2.75) is 50.4 Å². The summed E-state index contributed by atoms with van der Waals surface area (Å²) < 4.78 is 6.02. The second kappa shape index (κ2) is 7.76. The number of piperidine rings is 1. The lowest BCUT2D eigenvalue weighted by Crippen LogP contribution is -2.66. The first kappa shape index (κ1) is 20.1. The average Bonchev–Trinajstić information content (AvgIpc) is 3.05. The van der Waals surface area contributed by atoms with Gasteiger partial charge in [-0.2, -0.15) is 27.2 Å². The number of likely N-dealkylation sites (tertiary alicyclic amines) is 1. The van der Waals surface area contributed by atoms with E-state index in [4.69, 9.17) is 4.74 Å². The number of aryl methyl sites for hydroxylation is 1. The van der Waals surface area contributed by atoms with Crippen LogP contribution in [0.3, 0.4) is 0 Å². The Balaban J connectivity index is 1.65. The molecule has 3 heterocycles. The highest BCUT2D eigenvalue weighted by molar-refractivity contribution is 7.99. The Kier molecular flexibility index (Phi) is 5.78. The Morgan fingerprint density at radius 2 is 2.11 bits per heavy atom. The van der Waals surface area contributed by atoms with Crippen molar-refractivity contribution in [1.29, 1.82) is 0 Å². The molecule has 1 aromatic rings. The van der Waals surface area contributed by atoms with E-state index in [9.17, 15) is 14.7 Å². The van der Waals surface area contributed by atoms with Gasteiger partial charge in [-0.15, -0.1) is 0 Å². The molecule has 2 aliphatic rings. The molecule has 0 unspecified atom stereocenters. The van der Waals surface area contributed by atoms with Gasteiger partial charge in [0.05, 0.1) is 29.2 Å². The Hall–Kier alpha value is -1.65. The number of aromatic amines is 1. The van der Waals surface area contributed by atoms with Crippen LogP contribution in [0.25, 0.3) is 0 Å². The van der Waals surface area contributed by atoms with Gasteiger partial charge in [0.1, 0.15) is 6.10 Å². The maximum absolute atomic E-state index is 12.6. The van der Waals surface area contributed by atoms with Gasteiger partial charge in [-0.05, 0) is 32.9 Å². The molecule has 0 aromatic carbocycles. The Morgan fingerprint density at radius 3 is 2.70 bits per heavy atom. The zero-order valence-electron chi connectivity index (χ0n) is 15.9. The Bertz CT molecular complexity index is 703. The van der Waals surface area contributed by atoms with Crippen LogP contribution in [0, 0.1) is 6.92 Å². The minimum Gasteiger partial charge on any atom is -0.388 e. The summed E-state index contributed by atoms with van der Waals surface area (Å²) in [5.74, 6) is 0.133. The van der Waals surface area contributed by atoms with Crippen LogP contribution < -0.4 is 5.32 Å². The van der Waals surface area contributed by atoms with E-state index in [-0.39, 0.29) is 18.4 Å². The molecule has 0 aliphatic carbocycles. The second-order valence-electron chi connectivity index (χ2n) is 7.64. The van der Waals surface area contributed by atoms with Crippen molar-refractivity contribution >= 4 is 23.6 Å². The van der Waals surface area contributed by atoms with Crippen molar-refractivity contribution < 1.29 is 19.4 Å². The van der Waals surface area contributed by atoms with Crippen molar-refractivity contribution in [3.63, 3.8) is 0 Å². The number of ether oxygens (including phenoxy) is 1. The molecule has 2 amide bonds. The number of thioether (sulfide) groups is 1. The first-order valence-corrected chi connectivity index (χ1v) is 10.5. The van der Waals surface area contributed by atoms with E-state index >= 15 is 0 Å². The zero-order valence-corrected chi connectivity index (χ0v) is 16.8. The van der Waals surface area contributed by atoms with Crippen LogP contribution in [0.4, 0.5) is 0 Å². The molecular formula is C17H27N5O4S. The number of aliphatic hydroxyl groups is 1. The van der Waals surface area contributed by atoms with Crippen molar-refractivity contribution in [2.24, 2.45) is 0 Å². The third-order valence-electron chi connectivity index (χ3n) is 5.56. The Labute approximate surface area is 162 Å². The van der Waals surface area contributed by atoms with Crippen molar-refractivity contribution in [3.05, 3.63) is 11.4 Å². The van der Waals surface area contributed by atoms with Crippen molar-refractivity contribution in [1.82, 2.24) is 25.6 Å². The third-order valence-corrected chi connectivity index (χ3v) is 6.11. The predicted molar refractivity (Wildman–Crippen MR) is 100 cm³/mol. The largest absolute Gasteiger partial charge is 0.388 e. The standard InChI is InChI=1S/C17H27N5O4S/c1-11-14(20-21-19-11)15(25)22-6-4-17(5-7-22)10-16(2,12(23)8-26-17)18-13(24)9-27-3/h12,23H,4-10H2,1-3H3,(H,18,24)(H,19,20,21)/t12-,16-/m0/s1. The number of carbonyl (C=O) groups is 2. The summed E-state index contributed by atoms with van der Waals surface area (Å²) in [5, 5.41) is 23.7. The lowest BCUT2D eigenvalue weighted by Gasteiger charge is -2.51. The highest BCUT2D eigenvalue weighted by Crippen LogP contribution is 2.40. The van der Waals surface area contributed by atoms with E-state index in [1.807, 2.05) is 13.2 Å². The highest BCUT2D eigenvalue weighted by atomic mass is 32.2. The van der Waals surface area contributed by atoms with Gasteiger partial charge in [-0.25, -0.2) is 0 Å². The molecule has 3 N–H and O–H groups in total. The van der Waals surface area contributed by atoms with Crippen LogP contribution in [-0.4, -0.2) is 86.2 Å². The van der Waals surface area contributed by atoms with E-state index in [0.29, 0.717) is 49.5 Å². The molecule has 2 fully saturated rings. The number of rotatable bonds is 4. The molecule has 10 heteroatoms. The first-order valence-electron chi connectivity index (χ1n) is 9.07. The molecule has 9 nitrogen and oxygen atoms in total. The van der Waals surface area contributed by atoms with Crippen LogP contribution >= 0.6 is 11.8 Å². The van der Waals surface area contributed by atoms with Crippen LogP contribution in [0.2, 0.25) is 0 Å². The molecule has 1 spiro atoms. The normalized spacial score (nSPS) is 27.6. The molecule has 27 heavy (non-hydrogen) atoms. The number of H-pyrrole nitrogens is 1. The molecule has 2 saturated heterocycles. The quantitative estimate of drug-likeness (QED) is 0.659. The van der Waals surface area contributed by atoms with E-state index < -0.39 is 17.2 Å². The highest BCUT2D eigenvalue weighted by Gasteiger charge is 2.50. The SMILES string of the molecule is CSCC(=O)N[C@@]1(C)CC2(CCN(C(=O)c3n[nH]nc3C)CC2)OC[C@@H]1O. The van der Waals surface area contributed by atoms with Crippen molar-refractivity contribution in [2.75, 3.05) is 31.7 Å². The Morgan fingerprint density at radius 1 is 1.41 bits per heavy atom. The van der Waals surface area contributed by atoms with E-state index in [1.54, 1.807) is 11.8 Å². The van der Waals surface area contributed by atoms with Crippen molar-refractivity contribution in [3.8, 4) is 0 Å². The number of carbonyl (C=O) groups excluding carboxylic acids is 2. The van der Waals surface area contributed by atoms with Gasteiger partial charge in [0.25, 0.3) is 5.91 Å². The predicted octanol–water partition coefficient (Wildman–Crippen LogP) is 0.107. The topological polar surface area (TPSA) is 120 Å². The number of aliphatic hydroxyl groups excluding tert-OH is 1. The minimum absolute atomic E-state index is 0.0878. The molecule has 2 atom stereocenters. The first-order chi connectivity index (χ1) is 12.8. The number of aromatic nitrogens is 3. The van der Waals surface area contributed by atoms with Crippen LogP contribution in [0.5, 0.6) is 0 Å². The van der Waals surface area contributed by atoms with Crippen LogP contribution in [0.15, 0.2) is 0 Å². The average molecular weight is 398 g/mol. The summed E-state index contributed by atoms with van der Waals surface area (Å²) in [5.41, 5.74) is -0.252. The number of nitrogens with zero attached hydrogens (tertiary/aromatic N) is 3. The smallest absolute Gasteiger partial charge is 0.276 e. The van der Waals surface area contributed by atoms with Gasteiger partial charge in [0.15, 0.2) is 5.69 Å². The summed E-state index contributed by atoms with van der Waals surface area (Å²) in [6.07, 6.45) is 2.93. The van der Waals surface area contributed by atoms with Gasteiger partial charge < -0.3 is 20.1 Å². The molecule has 2 aliphatic heterocycles. The lowest BCUT2D eigenvalue weighted by molar-refractivity contribution is -0.178. The fourth-order valence-electron chi connectivity index (χ4n) is 3.97. The molecule has 150 valence electrons. The number of hydrogen-bond donors (Lipinski definition) is 3. The van der Waals surface area contributed by atoms with E-state index in [0.717, 1.165) is 0 Å². The zero-order chi connectivity index (χ0) is 19.7. The van der Waals surface area contributed by atoms with E-state index in [2.05, 4.69) is 20.7 Å². The monoisotopic (exact) mass is 397 g/mol. The maximum Gasteiger partial charge on any atom is 0.276 e. The number of amides is 2. The third kappa shape index (κ3) is 4.12. The second-order valence-corrected chi connectivity index (χ2v) is 8.50. The molecule has 1 aromatic heterocycles. The van der Waals surface area contributed by atoms with Gasteiger partial charge in [-0.3, -0.25) is 9.59 Å². The lowest BCUT2D eigenvalue weighted by atomic mass is 9.74. The van der Waals surface area contributed by atoms with Crippen LogP contribution in [-0.2, 0) is 9.53 Å². The maximum atomic E-state index is 12.6. The van der Waals surface area contributed by atoms with Gasteiger partial charge in [-0.1, -0.05) is 0 Å². The number of hydrogen-bond acceptors (Lipinski definition) is 7. The molecule has 3 rings (SSSR count). The summed E-state index contributed by atoms with van der Waals surface area (Å²) in [7, 11) is 0. The fraction of sp³-hybridized carbons (Fsp3) is 0.765. The molecule has 0 bridgehead atoms. The molecule has 0 saturated carbocycles. The molecular weight excluding hydrogens is 370 g/mol. The summed E-state index contributed by atoms with van der Waals surface area (Å²) in [6.45, 7) is 4.87. The summed E-state index contributed by atoms with van der Waals surface area (Å²) >= 11 is 1.45. The van der Waals surface area contributed by atoms with E-state index in [1.165, 1.54) is 11.8 Å². The van der Waals surface area contributed by atoms with Crippen LogP contribution in [0.1, 0.15) is 42.4 Å². The number of nitrogens with one attached hydrogen (secondary N) is 2. The van der Waals surface area contributed by atoms with Gasteiger partial charge in [0, 0.05) is 19.5 Å². The fourth-order valence-corrected chi connectivity index (χ4v) is 4.30. The van der Waals surface area contributed by atoms with Gasteiger partial charge >= 0.3 is 0 Å². The molecule has 0 radical (unpaired) electrons. The summed E-state index contributed by atoms with van der Waals surface area (Å²) in [6, 6.07) is 0. The summed E-state index contributed by atoms with van der Waals surface area (Å²) in [4.78, 5) is 26.5.